The van der Waals surface area contributed by atoms with Crippen molar-refractivity contribution in [3.63, 3.8) is 0 Å². The zero-order valence-corrected chi connectivity index (χ0v) is 14.0. The van der Waals surface area contributed by atoms with E-state index in [-0.39, 0.29) is 17.5 Å². The molecule has 1 heterocycles. The second kappa shape index (κ2) is 7.86. The first-order chi connectivity index (χ1) is 11.4. The number of hydrogen-bond donors (Lipinski definition) is 1. The van der Waals surface area contributed by atoms with E-state index in [0.717, 1.165) is 11.6 Å². The minimum absolute atomic E-state index is 0.0526. The molecule has 0 saturated carbocycles. The van der Waals surface area contributed by atoms with Crippen molar-refractivity contribution in [1.82, 2.24) is 15.2 Å². The number of halogens is 2. The van der Waals surface area contributed by atoms with Crippen LogP contribution in [0.5, 0.6) is 0 Å². The van der Waals surface area contributed by atoms with Gasteiger partial charge in [-0.1, -0.05) is 19.9 Å². The summed E-state index contributed by atoms with van der Waals surface area (Å²) < 4.78 is 27.2. The van der Waals surface area contributed by atoms with Gasteiger partial charge in [-0.25, -0.2) is 13.6 Å². The predicted molar refractivity (Wildman–Crippen MR) is 88.2 cm³/mol. The molecule has 0 spiro atoms. The molecule has 0 fully saturated rings. The van der Waals surface area contributed by atoms with Gasteiger partial charge in [0.25, 0.3) is 0 Å². The van der Waals surface area contributed by atoms with E-state index in [0.29, 0.717) is 6.54 Å². The second-order valence-electron chi connectivity index (χ2n) is 6.05. The average Bonchev–Trinajstić information content (AvgIpc) is 2.53. The molecule has 2 aromatic rings. The predicted octanol–water partition coefficient (Wildman–Crippen LogP) is 3.90. The fourth-order valence-electron chi connectivity index (χ4n) is 2.43. The fraction of sp³-hybridized carbons (Fsp3) is 0.333. The number of benzene rings is 1. The van der Waals surface area contributed by atoms with E-state index in [1.807, 2.05) is 26.0 Å². The van der Waals surface area contributed by atoms with E-state index in [4.69, 9.17) is 0 Å². The second-order valence-corrected chi connectivity index (χ2v) is 6.05. The highest BCUT2D eigenvalue weighted by molar-refractivity contribution is 5.74. The van der Waals surface area contributed by atoms with E-state index in [2.05, 4.69) is 10.3 Å². The molecule has 1 aromatic carbocycles. The van der Waals surface area contributed by atoms with Crippen molar-refractivity contribution in [1.29, 1.82) is 0 Å². The molecule has 6 heteroatoms. The summed E-state index contributed by atoms with van der Waals surface area (Å²) in [5, 5.41) is 2.82. The SMILES string of the molecule is CC(C)[C@@H](NC(=O)N(C)Cc1ccncc1)c1ccc(F)cc1F. The third-order valence-corrected chi connectivity index (χ3v) is 3.76. The van der Waals surface area contributed by atoms with E-state index >= 15 is 0 Å². The first-order valence-electron chi connectivity index (χ1n) is 7.74. The number of amides is 2. The number of nitrogens with one attached hydrogen (secondary N) is 1. The molecule has 0 unspecified atom stereocenters. The molecule has 1 aromatic heterocycles. The quantitative estimate of drug-likeness (QED) is 0.902. The van der Waals surface area contributed by atoms with Gasteiger partial charge < -0.3 is 10.2 Å². The molecule has 2 amide bonds. The average molecular weight is 333 g/mol. The Morgan fingerprint density at radius 2 is 1.88 bits per heavy atom. The molecule has 0 aliphatic carbocycles. The van der Waals surface area contributed by atoms with Gasteiger partial charge in [0.15, 0.2) is 0 Å². The highest BCUT2D eigenvalue weighted by Crippen LogP contribution is 2.25. The molecule has 0 aliphatic rings. The topological polar surface area (TPSA) is 45.2 Å². The Morgan fingerprint density at radius 3 is 2.46 bits per heavy atom. The Balaban J connectivity index is 2.11. The van der Waals surface area contributed by atoms with Crippen molar-refractivity contribution in [2.24, 2.45) is 5.92 Å². The van der Waals surface area contributed by atoms with Crippen LogP contribution in [0.25, 0.3) is 0 Å². The number of carbonyl (C=O) groups is 1. The third kappa shape index (κ3) is 4.50. The first-order valence-corrected chi connectivity index (χ1v) is 7.74. The molecule has 0 aliphatic heterocycles. The smallest absolute Gasteiger partial charge is 0.317 e. The van der Waals surface area contributed by atoms with Gasteiger partial charge >= 0.3 is 6.03 Å². The summed E-state index contributed by atoms with van der Waals surface area (Å²) in [6, 6.07) is 6.18. The van der Waals surface area contributed by atoms with Gasteiger partial charge in [0.1, 0.15) is 11.6 Å². The van der Waals surface area contributed by atoms with Crippen LogP contribution in [0, 0.1) is 17.6 Å². The molecule has 0 bridgehead atoms. The van der Waals surface area contributed by atoms with Crippen molar-refractivity contribution in [3.8, 4) is 0 Å². The van der Waals surface area contributed by atoms with Crippen LogP contribution in [-0.4, -0.2) is 23.0 Å². The maximum atomic E-state index is 14.0. The number of hydrogen-bond acceptors (Lipinski definition) is 2. The van der Waals surface area contributed by atoms with Crippen LogP contribution in [0.2, 0.25) is 0 Å². The van der Waals surface area contributed by atoms with Gasteiger partial charge in [0.05, 0.1) is 6.04 Å². The Labute approximate surface area is 140 Å². The number of carbonyl (C=O) groups excluding carboxylic acids is 1. The molecule has 2 rings (SSSR count). The molecular formula is C18H21F2N3O. The zero-order chi connectivity index (χ0) is 17.7. The number of nitrogens with zero attached hydrogens (tertiary/aromatic N) is 2. The number of pyridine rings is 1. The third-order valence-electron chi connectivity index (χ3n) is 3.76. The van der Waals surface area contributed by atoms with E-state index < -0.39 is 17.7 Å². The molecule has 0 radical (unpaired) electrons. The van der Waals surface area contributed by atoms with Gasteiger partial charge in [0, 0.05) is 37.6 Å². The lowest BCUT2D eigenvalue weighted by atomic mass is 9.95. The van der Waals surface area contributed by atoms with E-state index in [9.17, 15) is 13.6 Å². The van der Waals surface area contributed by atoms with Crippen LogP contribution >= 0.6 is 0 Å². The van der Waals surface area contributed by atoms with Gasteiger partial charge in [-0.3, -0.25) is 4.98 Å². The Kier molecular flexibility index (Phi) is 5.84. The maximum Gasteiger partial charge on any atom is 0.317 e. The Morgan fingerprint density at radius 1 is 1.21 bits per heavy atom. The number of urea groups is 1. The number of aromatic nitrogens is 1. The number of rotatable bonds is 5. The minimum Gasteiger partial charge on any atom is -0.331 e. The maximum absolute atomic E-state index is 14.0. The van der Waals surface area contributed by atoms with Crippen LogP contribution in [0.3, 0.4) is 0 Å². The normalized spacial score (nSPS) is 12.1. The van der Waals surface area contributed by atoms with Crippen LogP contribution in [0.1, 0.15) is 31.0 Å². The van der Waals surface area contributed by atoms with Crippen LogP contribution in [0.4, 0.5) is 13.6 Å². The van der Waals surface area contributed by atoms with Gasteiger partial charge in [0.2, 0.25) is 0 Å². The van der Waals surface area contributed by atoms with E-state index in [1.54, 1.807) is 19.4 Å². The molecular weight excluding hydrogens is 312 g/mol. The summed E-state index contributed by atoms with van der Waals surface area (Å²) in [6.07, 6.45) is 3.32. The monoisotopic (exact) mass is 333 g/mol. The highest BCUT2D eigenvalue weighted by atomic mass is 19.1. The Bertz CT molecular complexity index is 692. The van der Waals surface area contributed by atoms with Crippen molar-refractivity contribution in [2.75, 3.05) is 7.05 Å². The Hall–Kier alpha value is -2.50. The lowest BCUT2D eigenvalue weighted by molar-refractivity contribution is 0.198. The van der Waals surface area contributed by atoms with Crippen molar-refractivity contribution >= 4 is 6.03 Å². The lowest BCUT2D eigenvalue weighted by Crippen LogP contribution is -2.40. The zero-order valence-electron chi connectivity index (χ0n) is 14.0. The molecule has 1 N–H and O–H groups in total. The summed E-state index contributed by atoms with van der Waals surface area (Å²) in [4.78, 5) is 17.9. The highest BCUT2D eigenvalue weighted by Gasteiger charge is 2.23. The summed E-state index contributed by atoms with van der Waals surface area (Å²) >= 11 is 0. The first kappa shape index (κ1) is 17.8. The van der Waals surface area contributed by atoms with Gasteiger partial charge in [-0.05, 0) is 29.7 Å². The lowest BCUT2D eigenvalue weighted by Gasteiger charge is -2.27. The summed E-state index contributed by atoms with van der Waals surface area (Å²) in [6.45, 7) is 4.15. The molecule has 0 saturated heterocycles. The van der Waals surface area contributed by atoms with Crippen LogP contribution < -0.4 is 5.32 Å². The minimum atomic E-state index is -0.661. The summed E-state index contributed by atoms with van der Waals surface area (Å²) in [5.74, 6) is -1.35. The largest absolute Gasteiger partial charge is 0.331 e. The molecule has 4 nitrogen and oxygen atoms in total. The fourth-order valence-corrected chi connectivity index (χ4v) is 2.43. The van der Waals surface area contributed by atoms with Gasteiger partial charge in [-0.2, -0.15) is 0 Å². The van der Waals surface area contributed by atoms with Crippen molar-refractivity contribution in [2.45, 2.75) is 26.4 Å². The summed E-state index contributed by atoms with van der Waals surface area (Å²) in [5.41, 5.74) is 1.22. The van der Waals surface area contributed by atoms with Crippen molar-refractivity contribution in [3.05, 3.63) is 65.5 Å². The standard InChI is InChI=1S/C18H21F2N3O/c1-12(2)17(15-5-4-14(19)10-16(15)20)22-18(24)23(3)11-13-6-8-21-9-7-13/h4-10,12,17H,11H2,1-3H3,(H,22,24)/t17-/m1/s1. The molecule has 128 valence electrons. The van der Waals surface area contributed by atoms with E-state index in [1.165, 1.54) is 17.0 Å². The van der Waals surface area contributed by atoms with Crippen LogP contribution in [0.15, 0.2) is 42.7 Å². The van der Waals surface area contributed by atoms with Gasteiger partial charge in [-0.15, -0.1) is 0 Å². The molecule has 24 heavy (non-hydrogen) atoms. The molecule has 1 atom stereocenters. The van der Waals surface area contributed by atoms with Crippen molar-refractivity contribution < 1.29 is 13.6 Å². The summed E-state index contributed by atoms with van der Waals surface area (Å²) in [7, 11) is 1.66. The van der Waals surface area contributed by atoms with Crippen LogP contribution in [-0.2, 0) is 6.54 Å².